The van der Waals surface area contributed by atoms with Crippen molar-refractivity contribution in [3.05, 3.63) is 0 Å². The number of aliphatic hydroxyl groups excluding tert-OH is 1. The number of carbonyl (C=O) groups is 3. The number of hydrogen-bond donors (Lipinski definition) is 4. The van der Waals surface area contributed by atoms with E-state index in [0.717, 1.165) is 38.5 Å². The smallest absolute Gasteiger partial charge is 0.472 e. The number of esters is 1. The molecule has 4 N–H and O–H groups in total. The molecule has 12 heteroatoms. The van der Waals surface area contributed by atoms with Gasteiger partial charge in [-0.25, -0.2) is 9.36 Å². The zero-order chi connectivity index (χ0) is 39.3. The lowest BCUT2D eigenvalue weighted by atomic mass is 10.0. The molecular weight excluding hydrogens is 697 g/mol. The molecule has 0 radical (unpaired) electrons. The van der Waals surface area contributed by atoms with Gasteiger partial charge in [0.15, 0.2) is 6.04 Å². The highest BCUT2D eigenvalue weighted by Gasteiger charge is 2.28. The second-order valence-electron chi connectivity index (χ2n) is 14.9. The summed E-state index contributed by atoms with van der Waals surface area (Å²) in [5.41, 5.74) is 0. The molecule has 3 atom stereocenters. The third-order valence-electron chi connectivity index (χ3n) is 9.65. The number of nitrogens with one attached hydrogen (secondary N) is 1. The summed E-state index contributed by atoms with van der Waals surface area (Å²) in [4.78, 5) is 45.8. The van der Waals surface area contributed by atoms with Gasteiger partial charge in [-0.1, -0.05) is 187 Å². The molecule has 0 saturated heterocycles. The summed E-state index contributed by atoms with van der Waals surface area (Å²) in [6.45, 7) is 2.61. The van der Waals surface area contributed by atoms with Crippen molar-refractivity contribution >= 4 is 25.7 Å². The molecule has 0 rings (SSSR count). The number of phosphoric ester groups is 1. The molecule has 0 aliphatic carbocycles. The van der Waals surface area contributed by atoms with E-state index in [0.29, 0.717) is 12.8 Å². The number of amides is 1. The van der Waals surface area contributed by atoms with Gasteiger partial charge < -0.3 is 25.2 Å². The SMILES string of the molecule is CCCCCCCCCCCCCCCCCCC(=O)OCC(O)COP(=O)(O)OCC(NC(=O)CCCCCCCCCCCCCCC)C(=O)O. The largest absolute Gasteiger partial charge is 0.480 e. The van der Waals surface area contributed by atoms with Crippen LogP contribution in [0.5, 0.6) is 0 Å². The van der Waals surface area contributed by atoms with Crippen molar-refractivity contribution in [3.63, 3.8) is 0 Å². The standard InChI is InChI=1S/C41H80NO10P/c1-3-5-7-9-11-13-15-17-18-19-21-23-25-27-29-31-33-40(45)50-34-37(43)35-51-53(48,49)52-36-38(41(46)47)42-39(44)32-30-28-26-24-22-20-16-14-12-10-8-6-4-2/h37-38,43H,3-36H2,1-2H3,(H,42,44)(H,46,47)(H,48,49). The van der Waals surface area contributed by atoms with Crippen LogP contribution in [0, 0.1) is 0 Å². The third kappa shape index (κ3) is 37.2. The minimum absolute atomic E-state index is 0.152. The average molecular weight is 778 g/mol. The fraction of sp³-hybridized carbons (Fsp3) is 0.927. The zero-order valence-electron chi connectivity index (χ0n) is 33.8. The lowest BCUT2D eigenvalue weighted by Crippen LogP contribution is -2.43. The summed E-state index contributed by atoms with van der Waals surface area (Å²) in [6, 6.07) is -1.54. The predicted octanol–water partition coefficient (Wildman–Crippen LogP) is 10.7. The van der Waals surface area contributed by atoms with Gasteiger partial charge in [0.2, 0.25) is 5.91 Å². The van der Waals surface area contributed by atoms with Gasteiger partial charge in [-0.3, -0.25) is 18.6 Å². The molecule has 0 aromatic heterocycles. The molecular formula is C41H80NO10P. The fourth-order valence-electron chi connectivity index (χ4n) is 6.26. The first-order valence-corrected chi connectivity index (χ1v) is 23.1. The Balaban J connectivity index is 3.87. The van der Waals surface area contributed by atoms with Crippen molar-refractivity contribution in [2.45, 2.75) is 225 Å². The van der Waals surface area contributed by atoms with Gasteiger partial charge in [0, 0.05) is 12.8 Å². The molecule has 1 amide bonds. The van der Waals surface area contributed by atoms with Crippen molar-refractivity contribution < 1.29 is 47.8 Å². The molecule has 0 spiro atoms. The van der Waals surface area contributed by atoms with E-state index in [4.69, 9.17) is 13.8 Å². The van der Waals surface area contributed by atoms with Gasteiger partial charge in [-0.05, 0) is 12.8 Å². The summed E-state index contributed by atoms with van der Waals surface area (Å²) < 4.78 is 26.8. The third-order valence-corrected chi connectivity index (χ3v) is 10.6. The number of phosphoric acid groups is 1. The van der Waals surface area contributed by atoms with Gasteiger partial charge >= 0.3 is 19.8 Å². The average Bonchev–Trinajstić information content (AvgIpc) is 3.13. The first kappa shape index (κ1) is 51.5. The van der Waals surface area contributed by atoms with E-state index in [-0.39, 0.29) is 12.8 Å². The lowest BCUT2D eigenvalue weighted by molar-refractivity contribution is -0.147. The number of carboxylic acid groups (broad SMARTS) is 1. The van der Waals surface area contributed by atoms with Crippen molar-refractivity contribution in [1.82, 2.24) is 5.32 Å². The van der Waals surface area contributed by atoms with Crippen molar-refractivity contribution in [2.24, 2.45) is 0 Å². The second kappa shape index (κ2) is 37.4. The molecule has 53 heavy (non-hydrogen) atoms. The highest BCUT2D eigenvalue weighted by atomic mass is 31.2. The molecule has 0 heterocycles. The number of carboxylic acids is 1. The Bertz CT molecular complexity index is 921. The lowest BCUT2D eigenvalue weighted by Gasteiger charge is -2.18. The maximum absolute atomic E-state index is 12.3. The highest BCUT2D eigenvalue weighted by Crippen LogP contribution is 2.43. The number of ether oxygens (including phenoxy) is 1. The number of aliphatic carboxylic acids is 1. The first-order chi connectivity index (χ1) is 25.6. The zero-order valence-corrected chi connectivity index (χ0v) is 34.7. The Kier molecular flexibility index (Phi) is 36.3. The van der Waals surface area contributed by atoms with E-state index >= 15 is 0 Å². The van der Waals surface area contributed by atoms with Crippen LogP contribution in [0.25, 0.3) is 0 Å². The maximum atomic E-state index is 12.3. The minimum atomic E-state index is -4.74. The van der Waals surface area contributed by atoms with Crippen LogP contribution in [0.15, 0.2) is 0 Å². The Morgan fingerprint density at radius 1 is 0.528 bits per heavy atom. The first-order valence-electron chi connectivity index (χ1n) is 21.6. The fourth-order valence-corrected chi connectivity index (χ4v) is 7.03. The molecule has 0 fully saturated rings. The molecule has 0 aromatic rings. The van der Waals surface area contributed by atoms with Crippen LogP contribution in [-0.4, -0.2) is 64.9 Å². The number of hydrogen-bond acceptors (Lipinski definition) is 8. The van der Waals surface area contributed by atoms with E-state index in [1.165, 1.54) is 135 Å². The number of aliphatic hydroxyl groups is 1. The topological polar surface area (TPSA) is 169 Å². The minimum Gasteiger partial charge on any atom is -0.480 e. The molecule has 314 valence electrons. The van der Waals surface area contributed by atoms with E-state index < -0.39 is 57.6 Å². The molecule has 0 bridgehead atoms. The van der Waals surface area contributed by atoms with Crippen molar-refractivity contribution in [2.75, 3.05) is 19.8 Å². The molecule has 0 aliphatic rings. The summed E-state index contributed by atoms with van der Waals surface area (Å²) in [5, 5.41) is 21.8. The Morgan fingerprint density at radius 2 is 0.868 bits per heavy atom. The van der Waals surface area contributed by atoms with E-state index in [1.54, 1.807) is 0 Å². The van der Waals surface area contributed by atoms with Gasteiger partial charge in [-0.2, -0.15) is 0 Å². The van der Waals surface area contributed by atoms with Crippen molar-refractivity contribution in [3.8, 4) is 0 Å². The highest BCUT2D eigenvalue weighted by molar-refractivity contribution is 7.47. The van der Waals surface area contributed by atoms with Crippen LogP contribution in [0.4, 0.5) is 0 Å². The number of carbonyl (C=O) groups excluding carboxylic acids is 2. The van der Waals surface area contributed by atoms with Crippen molar-refractivity contribution in [1.29, 1.82) is 0 Å². The maximum Gasteiger partial charge on any atom is 0.472 e. The molecule has 0 saturated carbocycles. The van der Waals surface area contributed by atoms with E-state index in [2.05, 4.69) is 19.2 Å². The Labute approximate surface area is 323 Å². The van der Waals surface area contributed by atoms with Crippen LogP contribution in [0.3, 0.4) is 0 Å². The quantitative estimate of drug-likeness (QED) is 0.0266. The second-order valence-corrected chi connectivity index (χ2v) is 16.4. The Hall–Kier alpha value is -1.52. The Morgan fingerprint density at radius 3 is 1.25 bits per heavy atom. The van der Waals surface area contributed by atoms with Crippen LogP contribution in [0.1, 0.15) is 213 Å². The summed E-state index contributed by atoms with van der Waals surface area (Å²) in [5.74, 6) is -2.36. The molecule has 0 aliphatic heterocycles. The van der Waals surface area contributed by atoms with E-state index in [1.807, 2.05) is 0 Å². The van der Waals surface area contributed by atoms with Gasteiger partial charge in [0.1, 0.15) is 12.7 Å². The van der Waals surface area contributed by atoms with Gasteiger partial charge in [0.25, 0.3) is 0 Å². The van der Waals surface area contributed by atoms with Crippen LogP contribution in [0.2, 0.25) is 0 Å². The number of rotatable bonds is 41. The summed E-state index contributed by atoms with van der Waals surface area (Å²) in [6.07, 6.45) is 34.1. The molecule has 3 unspecified atom stereocenters. The molecule has 11 nitrogen and oxygen atoms in total. The monoisotopic (exact) mass is 778 g/mol. The summed E-state index contributed by atoms with van der Waals surface area (Å²) >= 11 is 0. The van der Waals surface area contributed by atoms with E-state index in [9.17, 15) is 34.1 Å². The normalized spacial score (nSPS) is 13.7. The molecule has 0 aromatic carbocycles. The van der Waals surface area contributed by atoms with Gasteiger partial charge in [-0.15, -0.1) is 0 Å². The van der Waals surface area contributed by atoms with Crippen LogP contribution >= 0.6 is 7.82 Å². The van der Waals surface area contributed by atoms with Gasteiger partial charge in [0.05, 0.1) is 13.2 Å². The number of unbranched alkanes of at least 4 members (excludes halogenated alkanes) is 27. The van der Waals surface area contributed by atoms with Crippen LogP contribution in [-0.2, 0) is 32.7 Å². The predicted molar refractivity (Wildman–Crippen MR) is 213 cm³/mol. The summed E-state index contributed by atoms with van der Waals surface area (Å²) in [7, 11) is -4.74. The van der Waals surface area contributed by atoms with Crippen LogP contribution < -0.4 is 5.32 Å².